The summed E-state index contributed by atoms with van der Waals surface area (Å²) < 4.78 is 0. The van der Waals surface area contributed by atoms with Crippen molar-refractivity contribution in [3.05, 3.63) is 6.42 Å². The molecule has 4 nitrogen and oxygen atoms in total. The third-order valence-corrected chi connectivity index (χ3v) is 5.01. The van der Waals surface area contributed by atoms with Crippen LogP contribution in [0.25, 0.3) is 0 Å². The summed E-state index contributed by atoms with van der Waals surface area (Å²) in [5.41, 5.74) is 0. The molecule has 0 fully saturated rings. The van der Waals surface area contributed by atoms with Gasteiger partial charge in [0.1, 0.15) is 0 Å². The summed E-state index contributed by atoms with van der Waals surface area (Å²) in [6.07, 6.45) is 22.6. The Morgan fingerprint density at radius 1 is 0.600 bits per heavy atom. The van der Waals surface area contributed by atoms with Gasteiger partial charge in [0.15, 0.2) is 5.92 Å². The van der Waals surface area contributed by atoms with Crippen LogP contribution in [0.4, 0.5) is 0 Å². The molecular weight excluding hydrogens is 420 g/mol. The molecule has 0 atom stereocenters. The minimum absolute atomic E-state index is 0. The van der Waals surface area contributed by atoms with E-state index in [4.69, 9.17) is 10.2 Å². The van der Waals surface area contributed by atoms with Gasteiger partial charge in [-0.3, -0.25) is 9.59 Å². The fourth-order valence-corrected chi connectivity index (χ4v) is 3.25. The average molecular weight is 466 g/mol. The van der Waals surface area contributed by atoms with Gasteiger partial charge >= 0.3 is 130 Å². The number of aliphatic carboxylic acids is 2. The molecular formula is C22H45Na4O4. The van der Waals surface area contributed by atoms with E-state index < -0.39 is 17.9 Å². The molecule has 8 heteroatoms. The van der Waals surface area contributed by atoms with E-state index in [1.54, 1.807) is 0 Å². The van der Waals surface area contributed by atoms with E-state index in [1.165, 1.54) is 83.5 Å². The Balaban J connectivity index is -0.000000521. The molecule has 0 aromatic heterocycles. The van der Waals surface area contributed by atoms with Crippen molar-refractivity contribution in [2.75, 3.05) is 0 Å². The molecule has 0 amide bonds. The number of rotatable bonds is 20. The first-order valence-corrected chi connectivity index (χ1v) is 10.9. The molecule has 0 aliphatic rings. The van der Waals surface area contributed by atoms with Crippen molar-refractivity contribution < 1.29 is 19.8 Å². The van der Waals surface area contributed by atoms with E-state index in [0.717, 1.165) is 19.3 Å². The maximum atomic E-state index is 10.7. The van der Waals surface area contributed by atoms with Gasteiger partial charge in [-0.2, -0.15) is 0 Å². The monoisotopic (exact) mass is 465 g/mol. The van der Waals surface area contributed by atoms with Crippen LogP contribution in [-0.4, -0.2) is 140 Å². The molecule has 1 radical (unpaired) electrons. The second-order valence-electron chi connectivity index (χ2n) is 7.49. The van der Waals surface area contributed by atoms with Gasteiger partial charge in [-0.1, -0.05) is 110 Å². The van der Waals surface area contributed by atoms with Gasteiger partial charge in [0, 0.05) is 0 Å². The van der Waals surface area contributed by atoms with Gasteiger partial charge < -0.3 is 10.2 Å². The number of unbranched alkanes of at least 4 members (excludes halogenated alkanes) is 16. The van der Waals surface area contributed by atoms with Gasteiger partial charge in [-0.15, -0.1) is 0 Å². The van der Waals surface area contributed by atoms with E-state index in [-0.39, 0.29) is 125 Å². The molecule has 0 saturated heterocycles. The standard InChI is InChI=1S/C22H41O4.4Na.4H/c1-2-3-4-5-6-7-8-9-10-11-12-13-14-15-16-17-18-19-20(21(23)24)22(25)26;;;;;;;;/h18,20H,2-17,19H2,1H3,(H,23,24)(H,25,26);;;;;;;;. The zero-order chi connectivity index (χ0) is 19.5. The van der Waals surface area contributed by atoms with Gasteiger partial charge in [0.05, 0.1) is 0 Å². The molecule has 0 bridgehead atoms. The molecule has 0 saturated carbocycles. The third-order valence-electron chi connectivity index (χ3n) is 5.01. The van der Waals surface area contributed by atoms with Crippen molar-refractivity contribution in [2.45, 2.75) is 116 Å². The zero-order valence-corrected chi connectivity index (χ0v) is 16.9. The molecule has 0 aliphatic heterocycles. The van der Waals surface area contributed by atoms with E-state index in [2.05, 4.69) is 6.92 Å². The number of carboxylic acids is 2. The van der Waals surface area contributed by atoms with Crippen LogP contribution in [-0.2, 0) is 9.59 Å². The minimum atomic E-state index is -1.29. The van der Waals surface area contributed by atoms with Crippen LogP contribution < -0.4 is 0 Å². The number of hydrogen-bond acceptors (Lipinski definition) is 2. The van der Waals surface area contributed by atoms with Crippen molar-refractivity contribution in [1.82, 2.24) is 0 Å². The predicted octanol–water partition coefficient (Wildman–Crippen LogP) is 4.03. The van der Waals surface area contributed by atoms with Crippen molar-refractivity contribution in [1.29, 1.82) is 0 Å². The molecule has 30 heavy (non-hydrogen) atoms. The SMILES string of the molecule is CCCCCCCCCCCCCCCCC[CH]CC(C(=O)O)C(=O)O.[NaH].[NaH].[NaH].[NaH]. The average Bonchev–Trinajstić information content (AvgIpc) is 2.60. The van der Waals surface area contributed by atoms with Crippen LogP contribution in [0.5, 0.6) is 0 Å². The molecule has 0 aromatic rings. The van der Waals surface area contributed by atoms with Crippen LogP contribution in [0, 0.1) is 12.3 Å². The second kappa shape index (κ2) is 34.1. The molecule has 0 unspecified atom stereocenters. The van der Waals surface area contributed by atoms with Crippen molar-refractivity contribution >= 4 is 130 Å². The van der Waals surface area contributed by atoms with Crippen LogP contribution in [0.1, 0.15) is 116 Å². The fourth-order valence-electron chi connectivity index (χ4n) is 3.25. The molecule has 0 rings (SSSR count). The molecule has 0 aromatic carbocycles. The van der Waals surface area contributed by atoms with Crippen LogP contribution in [0.15, 0.2) is 0 Å². The molecule has 0 heterocycles. The van der Waals surface area contributed by atoms with Gasteiger partial charge in [-0.25, -0.2) is 0 Å². The first-order valence-electron chi connectivity index (χ1n) is 10.9. The summed E-state index contributed by atoms with van der Waals surface area (Å²) in [4.78, 5) is 21.5. The molecule has 161 valence electrons. The van der Waals surface area contributed by atoms with Crippen LogP contribution in [0.2, 0.25) is 0 Å². The number of carboxylic acid groups (broad SMARTS) is 2. The number of hydrogen-bond donors (Lipinski definition) is 2. The van der Waals surface area contributed by atoms with E-state index >= 15 is 0 Å². The van der Waals surface area contributed by atoms with E-state index in [0.29, 0.717) is 0 Å². The van der Waals surface area contributed by atoms with Crippen molar-refractivity contribution in [3.8, 4) is 0 Å². The fraction of sp³-hybridized carbons (Fsp3) is 0.864. The molecule has 0 aliphatic carbocycles. The predicted molar refractivity (Wildman–Crippen MR) is 136 cm³/mol. The summed E-state index contributed by atoms with van der Waals surface area (Å²) in [6.45, 7) is 2.26. The Bertz CT molecular complexity index is 344. The summed E-state index contributed by atoms with van der Waals surface area (Å²) in [7, 11) is 0. The first-order chi connectivity index (χ1) is 12.6. The van der Waals surface area contributed by atoms with Gasteiger partial charge in [0.2, 0.25) is 0 Å². The zero-order valence-electron chi connectivity index (χ0n) is 16.9. The van der Waals surface area contributed by atoms with E-state index in [9.17, 15) is 9.59 Å². The van der Waals surface area contributed by atoms with Crippen LogP contribution >= 0.6 is 0 Å². The Kier molecular flexibility index (Phi) is 48.9. The van der Waals surface area contributed by atoms with Crippen LogP contribution in [0.3, 0.4) is 0 Å². The Morgan fingerprint density at radius 2 is 0.900 bits per heavy atom. The quantitative estimate of drug-likeness (QED) is 0.162. The molecule has 0 spiro atoms. The topological polar surface area (TPSA) is 74.6 Å². The normalized spacial score (nSPS) is 9.67. The van der Waals surface area contributed by atoms with Crippen molar-refractivity contribution in [3.63, 3.8) is 0 Å². The van der Waals surface area contributed by atoms with Crippen molar-refractivity contribution in [2.24, 2.45) is 5.92 Å². The number of carbonyl (C=O) groups is 2. The van der Waals surface area contributed by atoms with Gasteiger partial charge in [0.25, 0.3) is 0 Å². The second-order valence-corrected chi connectivity index (χ2v) is 7.49. The van der Waals surface area contributed by atoms with Gasteiger partial charge in [-0.05, 0) is 12.8 Å². The summed E-state index contributed by atoms with van der Waals surface area (Å²) in [5.74, 6) is -3.78. The Labute approximate surface area is 274 Å². The maximum absolute atomic E-state index is 10.7. The summed E-state index contributed by atoms with van der Waals surface area (Å²) >= 11 is 0. The Hall–Kier alpha value is 2.94. The van der Waals surface area contributed by atoms with E-state index in [1.807, 2.05) is 6.42 Å². The first kappa shape index (κ1) is 43.0. The molecule has 2 N–H and O–H groups in total. The summed E-state index contributed by atoms with van der Waals surface area (Å²) in [6, 6.07) is 0. The Morgan fingerprint density at radius 3 is 1.20 bits per heavy atom. The third kappa shape index (κ3) is 30.9. The summed E-state index contributed by atoms with van der Waals surface area (Å²) in [5, 5.41) is 17.6.